The van der Waals surface area contributed by atoms with Gasteiger partial charge in [-0.15, -0.1) is 0 Å². The summed E-state index contributed by atoms with van der Waals surface area (Å²) in [5.74, 6) is 0.376. The smallest absolute Gasteiger partial charge is 0.123 e. The van der Waals surface area contributed by atoms with Crippen LogP contribution in [0.1, 0.15) is 31.4 Å². The van der Waals surface area contributed by atoms with Gasteiger partial charge in [-0.1, -0.05) is 56.7 Å². The van der Waals surface area contributed by atoms with Crippen LogP contribution in [-0.4, -0.2) is 5.11 Å². The lowest BCUT2D eigenvalue weighted by atomic mass is 9.93. The van der Waals surface area contributed by atoms with Crippen molar-refractivity contribution in [3.8, 4) is 5.75 Å². The summed E-state index contributed by atoms with van der Waals surface area (Å²) >= 11 is 0. The van der Waals surface area contributed by atoms with Crippen molar-refractivity contribution in [2.45, 2.75) is 26.7 Å². The molecule has 1 nitrogen and oxygen atoms in total. The molecule has 1 aliphatic rings. The number of benzene rings is 2. The Labute approximate surface area is 102 Å². The number of hydrogen-bond acceptors (Lipinski definition) is 1. The molecule has 17 heavy (non-hydrogen) atoms. The van der Waals surface area contributed by atoms with E-state index in [9.17, 15) is 5.11 Å². The third kappa shape index (κ3) is 2.19. The second kappa shape index (κ2) is 5.05. The van der Waals surface area contributed by atoms with Crippen molar-refractivity contribution >= 4 is 16.8 Å². The summed E-state index contributed by atoms with van der Waals surface area (Å²) in [6.45, 7) is 4.25. The lowest BCUT2D eigenvalue weighted by Crippen LogP contribution is -1.92. The van der Waals surface area contributed by atoms with Gasteiger partial charge in [-0.3, -0.25) is 0 Å². The Bertz CT molecular complexity index is 553. The molecule has 0 aliphatic heterocycles. The van der Waals surface area contributed by atoms with Crippen LogP contribution in [0.2, 0.25) is 0 Å². The number of phenols is 1. The summed E-state index contributed by atoms with van der Waals surface area (Å²) in [5, 5.41) is 12.1. The van der Waals surface area contributed by atoms with Gasteiger partial charge in [0, 0.05) is 5.56 Å². The van der Waals surface area contributed by atoms with Crippen molar-refractivity contribution in [3.05, 3.63) is 47.5 Å². The highest BCUT2D eigenvalue weighted by Crippen LogP contribution is 2.33. The molecular formula is C16H18O. The minimum Gasteiger partial charge on any atom is -0.507 e. The molecule has 3 rings (SSSR count). The van der Waals surface area contributed by atoms with Crippen molar-refractivity contribution < 1.29 is 5.11 Å². The van der Waals surface area contributed by atoms with Crippen LogP contribution < -0.4 is 0 Å². The minimum atomic E-state index is 0.376. The highest BCUT2D eigenvalue weighted by Gasteiger charge is 2.10. The summed E-state index contributed by atoms with van der Waals surface area (Å²) in [5.41, 5.74) is 2.26. The van der Waals surface area contributed by atoms with Gasteiger partial charge < -0.3 is 5.11 Å². The number of phenolic OH excluding ortho intramolecular Hbond substituents is 1. The van der Waals surface area contributed by atoms with E-state index in [0.29, 0.717) is 5.75 Å². The molecule has 88 valence electrons. The Morgan fingerprint density at radius 1 is 1.12 bits per heavy atom. The summed E-state index contributed by atoms with van der Waals surface area (Å²) in [6, 6.07) is 10.0. The van der Waals surface area contributed by atoms with Crippen molar-refractivity contribution in [1.82, 2.24) is 0 Å². The molecule has 0 aromatic heterocycles. The fourth-order valence-electron chi connectivity index (χ4n) is 2.12. The van der Waals surface area contributed by atoms with E-state index in [1.54, 1.807) is 6.07 Å². The molecule has 0 atom stereocenters. The van der Waals surface area contributed by atoms with E-state index < -0.39 is 0 Å². The van der Waals surface area contributed by atoms with E-state index in [4.69, 9.17) is 0 Å². The minimum absolute atomic E-state index is 0.376. The first-order valence-electron chi connectivity index (χ1n) is 6.18. The maximum absolute atomic E-state index is 9.72. The second-order valence-corrected chi connectivity index (χ2v) is 4.33. The first kappa shape index (κ1) is 11.7. The van der Waals surface area contributed by atoms with Crippen LogP contribution >= 0.6 is 0 Å². The van der Waals surface area contributed by atoms with Crippen LogP contribution in [0.25, 0.3) is 16.8 Å². The van der Waals surface area contributed by atoms with E-state index >= 15 is 0 Å². The van der Waals surface area contributed by atoms with Crippen LogP contribution in [0.4, 0.5) is 0 Å². The van der Waals surface area contributed by atoms with E-state index in [2.05, 4.69) is 38.1 Å². The average molecular weight is 226 g/mol. The van der Waals surface area contributed by atoms with E-state index in [1.165, 1.54) is 22.8 Å². The van der Waals surface area contributed by atoms with Crippen LogP contribution in [0, 0.1) is 0 Å². The molecule has 0 bridgehead atoms. The van der Waals surface area contributed by atoms with Gasteiger partial charge in [-0.2, -0.15) is 0 Å². The average Bonchev–Trinajstić information content (AvgIpc) is 2.35. The zero-order chi connectivity index (χ0) is 12.3. The summed E-state index contributed by atoms with van der Waals surface area (Å²) in [6.07, 6.45) is 6.31. The predicted octanol–water partition coefficient (Wildman–Crippen LogP) is 4.53. The molecule has 1 aliphatic carbocycles. The van der Waals surface area contributed by atoms with E-state index in [-0.39, 0.29) is 0 Å². The van der Waals surface area contributed by atoms with Crippen LogP contribution in [0.15, 0.2) is 36.4 Å². The maximum Gasteiger partial charge on any atom is 0.123 e. The quantitative estimate of drug-likeness (QED) is 0.699. The second-order valence-electron chi connectivity index (χ2n) is 4.33. The molecule has 0 saturated carbocycles. The largest absolute Gasteiger partial charge is 0.507 e. The molecule has 0 amide bonds. The maximum atomic E-state index is 9.72. The fourth-order valence-corrected chi connectivity index (χ4v) is 2.12. The van der Waals surface area contributed by atoms with E-state index in [1.807, 2.05) is 12.1 Å². The van der Waals surface area contributed by atoms with Gasteiger partial charge in [0.15, 0.2) is 0 Å². The molecule has 0 radical (unpaired) electrons. The molecule has 1 N–H and O–H groups in total. The topological polar surface area (TPSA) is 20.2 Å². The summed E-state index contributed by atoms with van der Waals surface area (Å²) in [7, 11) is 0. The number of aromatic hydroxyl groups is 1. The Morgan fingerprint density at radius 3 is 2.65 bits per heavy atom. The van der Waals surface area contributed by atoms with Crippen molar-refractivity contribution in [2.75, 3.05) is 0 Å². The fraction of sp³-hybridized carbons (Fsp3) is 0.250. The molecule has 0 saturated heterocycles. The van der Waals surface area contributed by atoms with Gasteiger partial charge in [0.25, 0.3) is 0 Å². The number of rotatable bonds is 0. The summed E-state index contributed by atoms with van der Waals surface area (Å²) in [4.78, 5) is 0. The standard InChI is InChI=1S/C13H10O.C3H8/c14-12-8-7-10-4-1-3-9-5-2-6-11(12)13(9)10;1-3-2/h1-4,6-8,14H,5H2;3H2,1-2H3. The molecule has 1 heteroatoms. The zero-order valence-electron chi connectivity index (χ0n) is 10.4. The van der Waals surface area contributed by atoms with Crippen LogP contribution in [-0.2, 0) is 6.42 Å². The Morgan fingerprint density at radius 2 is 1.88 bits per heavy atom. The van der Waals surface area contributed by atoms with Gasteiger partial charge in [0.1, 0.15) is 5.75 Å². The molecule has 0 unspecified atom stereocenters. The van der Waals surface area contributed by atoms with Gasteiger partial charge in [-0.05, 0) is 28.8 Å². The van der Waals surface area contributed by atoms with Crippen molar-refractivity contribution in [2.24, 2.45) is 0 Å². The van der Waals surface area contributed by atoms with Crippen molar-refractivity contribution in [3.63, 3.8) is 0 Å². The number of hydrogen-bond donors (Lipinski definition) is 1. The monoisotopic (exact) mass is 226 g/mol. The van der Waals surface area contributed by atoms with Gasteiger partial charge >= 0.3 is 0 Å². The lowest BCUT2D eigenvalue weighted by molar-refractivity contribution is 0.475. The lowest BCUT2D eigenvalue weighted by Gasteiger charge is -2.13. The Balaban J connectivity index is 0.000000329. The first-order chi connectivity index (χ1) is 8.27. The molecule has 2 aromatic rings. The summed E-state index contributed by atoms with van der Waals surface area (Å²) < 4.78 is 0. The Hall–Kier alpha value is -1.76. The number of allylic oxidation sites excluding steroid dienone is 1. The molecule has 2 aromatic carbocycles. The zero-order valence-corrected chi connectivity index (χ0v) is 10.4. The third-order valence-corrected chi connectivity index (χ3v) is 2.77. The Kier molecular flexibility index (Phi) is 3.48. The van der Waals surface area contributed by atoms with Crippen LogP contribution in [0.5, 0.6) is 5.75 Å². The first-order valence-corrected chi connectivity index (χ1v) is 6.18. The SMILES string of the molecule is CCC.Oc1ccc2cccc3c2c1C=CC3. The predicted molar refractivity (Wildman–Crippen MR) is 74.3 cm³/mol. The third-order valence-electron chi connectivity index (χ3n) is 2.77. The molecule has 0 heterocycles. The van der Waals surface area contributed by atoms with Crippen molar-refractivity contribution in [1.29, 1.82) is 0 Å². The highest BCUT2D eigenvalue weighted by atomic mass is 16.3. The van der Waals surface area contributed by atoms with Gasteiger partial charge in [-0.25, -0.2) is 0 Å². The molecular weight excluding hydrogens is 208 g/mol. The highest BCUT2D eigenvalue weighted by molar-refractivity contribution is 5.97. The van der Waals surface area contributed by atoms with Crippen LogP contribution in [0.3, 0.4) is 0 Å². The van der Waals surface area contributed by atoms with Gasteiger partial charge in [0.2, 0.25) is 0 Å². The normalized spacial score (nSPS) is 12.1. The van der Waals surface area contributed by atoms with E-state index in [0.717, 1.165) is 12.0 Å². The van der Waals surface area contributed by atoms with Gasteiger partial charge in [0.05, 0.1) is 0 Å². The molecule has 0 fully saturated rings. The molecule has 0 spiro atoms.